The minimum absolute atomic E-state index is 0.0156. The SMILES string of the molecule is O=C1C(O)C(O)CC1[C@@H](O)CO. The second kappa shape index (κ2) is 3.49. The molecule has 0 aromatic carbocycles. The molecule has 0 aromatic heterocycles. The van der Waals surface area contributed by atoms with Gasteiger partial charge in [-0.25, -0.2) is 0 Å². The van der Waals surface area contributed by atoms with Gasteiger partial charge < -0.3 is 20.4 Å². The molecule has 4 N–H and O–H groups in total. The molecule has 1 aliphatic carbocycles. The highest BCUT2D eigenvalue weighted by Crippen LogP contribution is 2.25. The molecule has 12 heavy (non-hydrogen) atoms. The third-order valence-electron chi connectivity index (χ3n) is 2.17. The number of aliphatic hydroxyl groups is 4. The van der Waals surface area contributed by atoms with E-state index in [0.29, 0.717) is 0 Å². The number of carbonyl (C=O) groups is 1. The summed E-state index contributed by atoms with van der Waals surface area (Å²) in [5.41, 5.74) is 0. The van der Waals surface area contributed by atoms with Crippen molar-refractivity contribution in [3.8, 4) is 0 Å². The molecule has 0 heterocycles. The summed E-state index contributed by atoms with van der Waals surface area (Å²) < 4.78 is 0. The molecule has 0 bridgehead atoms. The molecule has 70 valence electrons. The molecular weight excluding hydrogens is 164 g/mol. The Morgan fingerprint density at radius 3 is 2.42 bits per heavy atom. The van der Waals surface area contributed by atoms with Crippen LogP contribution in [0.25, 0.3) is 0 Å². The van der Waals surface area contributed by atoms with E-state index in [1.54, 1.807) is 0 Å². The van der Waals surface area contributed by atoms with Crippen molar-refractivity contribution >= 4 is 5.78 Å². The van der Waals surface area contributed by atoms with Gasteiger partial charge in [0.25, 0.3) is 0 Å². The van der Waals surface area contributed by atoms with Gasteiger partial charge in [-0.1, -0.05) is 0 Å². The number of Topliss-reactive ketones (excluding diaryl/α,β-unsaturated/α-hetero) is 1. The molecule has 0 spiro atoms. The van der Waals surface area contributed by atoms with E-state index in [2.05, 4.69) is 0 Å². The highest BCUT2D eigenvalue weighted by atomic mass is 16.3. The lowest BCUT2D eigenvalue weighted by molar-refractivity contribution is -0.132. The van der Waals surface area contributed by atoms with Crippen molar-refractivity contribution in [2.45, 2.75) is 24.7 Å². The molecule has 4 atom stereocenters. The number of carbonyl (C=O) groups excluding carboxylic acids is 1. The maximum absolute atomic E-state index is 11.0. The largest absolute Gasteiger partial charge is 0.394 e. The second-order valence-electron chi connectivity index (χ2n) is 3.01. The van der Waals surface area contributed by atoms with Crippen LogP contribution in [0.15, 0.2) is 0 Å². The minimum atomic E-state index is -1.41. The fourth-order valence-electron chi connectivity index (χ4n) is 1.39. The van der Waals surface area contributed by atoms with Gasteiger partial charge in [0.05, 0.1) is 24.7 Å². The first kappa shape index (κ1) is 9.60. The van der Waals surface area contributed by atoms with Crippen LogP contribution in [0.4, 0.5) is 0 Å². The van der Waals surface area contributed by atoms with Crippen LogP contribution in [-0.4, -0.2) is 51.1 Å². The van der Waals surface area contributed by atoms with E-state index in [1.165, 1.54) is 0 Å². The smallest absolute Gasteiger partial charge is 0.169 e. The molecule has 0 radical (unpaired) electrons. The molecule has 1 aliphatic rings. The summed E-state index contributed by atoms with van der Waals surface area (Å²) >= 11 is 0. The Morgan fingerprint density at radius 1 is 1.50 bits per heavy atom. The quantitative estimate of drug-likeness (QED) is 0.377. The van der Waals surface area contributed by atoms with Crippen molar-refractivity contribution in [3.63, 3.8) is 0 Å². The Labute approximate surface area is 69.3 Å². The number of rotatable bonds is 2. The third-order valence-corrected chi connectivity index (χ3v) is 2.17. The van der Waals surface area contributed by atoms with Crippen LogP contribution in [-0.2, 0) is 4.79 Å². The van der Waals surface area contributed by atoms with E-state index >= 15 is 0 Å². The maximum atomic E-state index is 11.0. The Hall–Kier alpha value is -0.490. The zero-order valence-corrected chi connectivity index (χ0v) is 6.42. The number of ketones is 1. The van der Waals surface area contributed by atoms with Crippen molar-refractivity contribution < 1.29 is 25.2 Å². The normalized spacial score (nSPS) is 38.7. The lowest BCUT2D eigenvalue weighted by Crippen LogP contribution is -2.31. The van der Waals surface area contributed by atoms with Crippen LogP contribution in [0.2, 0.25) is 0 Å². The van der Waals surface area contributed by atoms with Crippen molar-refractivity contribution in [2.75, 3.05) is 6.61 Å². The predicted molar refractivity (Wildman–Crippen MR) is 38.2 cm³/mol. The van der Waals surface area contributed by atoms with Crippen LogP contribution in [0.3, 0.4) is 0 Å². The molecule has 0 aromatic rings. The molecule has 5 nitrogen and oxygen atoms in total. The Kier molecular flexibility index (Phi) is 2.79. The predicted octanol–water partition coefficient (Wildman–Crippen LogP) is -2.35. The molecule has 1 rings (SSSR count). The summed E-state index contributed by atoms with van der Waals surface area (Å²) in [4.78, 5) is 11.0. The first-order valence-electron chi connectivity index (χ1n) is 3.76. The van der Waals surface area contributed by atoms with Gasteiger partial charge in [0.2, 0.25) is 0 Å². The van der Waals surface area contributed by atoms with Crippen molar-refractivity contribution in [3.05, 3.63) is 0 Å². The lowest BCUT2D eigenvalue weighted by atomic mass is 10.0. The number of hydrogen-bond donors (Lipinski definition) is 4. The van der Waals surface area contributed by atoms with E-state index in [9.17, 15) is 4.79 Å². The summed E-state index contributed by atoms with van der Waals surface area (Å²) in [6.45, 7) is -0.532. The third kappa shape index (κ3) is 1.49. The van der Waals surface area contributed by atoms with Crippen LogP contribution < -0.4 is 0 Å². The molecule has 1 saturated carbocycles. The average Bonchev–Trinajstić information content (AvgIpc) is 2.32. The van der Waals surface area contributed by atoms with Crippen molar-refractivity contribution in [2.24, 2.45) is 5.92 Å². The number of aliphatic hydroxyl groups excluding tert-OH is 4. The Bertz CT molecular complexity index is 181. The van der Waals surface area contributed by atoms with Gasteiger partial charge in [0, 0.05) is 0 Å². The van der Waals surface area contributed by atoms with E-state index < -0.39 is 36.6 Å². The highest BCUT2D eigenvalue weighted by Gasteiger charge is 2.43. The van der Waals surface area contributed by atoms with Crippen LogP contribution in [0.1, 0.15) is 6.42 Å². The molecule has 0 saturated heterocycles. The highest BCUT2D eigenvalue weighted by molar-refractivity contribution is 5.88. The fourth-order valence-corrected chi connectivity index (χ4v) is 1.39. The van der Waals surface area contributed by atoms with Gasteiger partial charge in [0.15, 0.2) is 5.78 Å². The second-order valence-corrected chi connectivity index (χ2v) is 3.01. The molecule has 1 fully saturated rings. The van der Waals surface area contributed by atoms with Crippen LogP contribution in [0, 0.1) is 5.92 Å². The van der Waals surface area contributed by atoms with Gasteiger partial charge >= 0.3 is 0 Å². The summed E-state index contributed by atoms with van der Waals surface area (Å²) in [5, 5.41) is 35.6. The van der Waals surface area contributed by atoms with Crippen molar-refractivity contribution in [1.82, 2.24) is 0 Å². The average molecular weight is 176 g/mol. The zero-order valence-electron chi connectivity index (χ0n) is 6.42. The molecule has 5 heteroatoms. The van der Waals surface area contributed by atoms with E-state index in [-0.39, 0.29) is 6.42 Å². The number of hydrogen-bond acceptors (Lipinski definition) is 5. The van der Waals surface area contributed by atoms with Crippen LogP contribution >= 0.6 is 0 Å². The molecule has 3 unspecified atom stereocenters. The zero-order chi connectivity index (χ0) is 9.30. The standard InChI is InChI=1S/C7H12O5/c8-2-5(10)3-1-4(9)7(12)6(3)11/h3-5,7-10,12H,1-2H2/t3?,4?,5-,7?/m0/s1. The first-order valence-corrected chi connectivity index (χ1v) is 3.76. The minimum Gasteiger partial charge on any atom is -0.394 e. The monoisotopic (exact) mass is 176 g/mol. The van der Waals surface area contributed by atoms with Gasteiger partial charge in [-0.3, -0.25) is 4.79 Å². The maximum Gasteiger partial charge on any atom is 0.169 e. The summed E-state index contributed by atoms with van der Waals surface area (Å²) in [5.74, 6) is -1.43. The molecular formula is C7H12O5. The first-order chi connectivity index (χ1) is 5.57. The van der Waals surface area contributed by atoms with Gasteiger partial charge in [0.1, 0.15) is 6.10 Å². The summed E-state index contributed by atoms with van der Waals surface area (Å²) in [6, 6.07) is 0. The summed E-state index contributed by atoms with van der Waals surface area (Å²) in [6.07, 6.45) is -3.67. The lowest BCUT2D eigenvalue weighted by Gasteiger charge is -2.12. The van der Waals surface area contributed by atoms with Gasteiger partial charge in [-0.05, 0) is 6.42 Å². The van der Waals surface area contributed by atoms with E-state index in [4.69, 9.17) is 20.4 Å². The topological polar surface area (TPSA) is 98.0 Å². The van der Waals surface area contributed by atoms with Crippen molar-refractivity contribution in [1.29, 1.82) is 0 Å². The van der Waals surface area contributed by atoms with Gasteiger partial charge in [-0.2, -0.15) is 0 Å². The van der Waals surface area contributed by atoms with E-state index in [1.807, 2.05) is 0 Å². The Morgan fingerprint density at radius 2 is 2.08 bits per heavy atom. The molecule has 0 aliphatic heterocycles. The molecule has 0 amide bonds. The van der Waals surface area contributed by atoms with Crippen LogP contribution in [0.5, 0.6) is 0 Å². The van der Waals surface area contributed by atoms with Gasteiger partial charge in [-0.15, -0.1) is 0 Å². The summed E-state index contributed by atoms with van der Waals surface area (Å²) in [7, 11) is 0. The Balaban J connectivity index is 2.64. The van der Waals surface area contributed by atoms with E-state index in [0.717, 1.165) is 0 Å². The fraction of sp³-hybridized carbons (Fsp3) is 0.857.